The number of rotatable bonds is 10. The average molecular weight is 480 g/mol. The molecular formula is C25H29N5O3S. The van der Waals surface area contributed by atoms with Gasteiger partial charge in [0, 0.05) is 17.8 Å². The van der Waals surface area contributed by atoms with E-state index in [1.165, 1.54) is 10.5 Å². The van der Waals surface area contributed by atoms with Gasteiger partial charge >= 0.3 is 0 Å². The average Bonchev–Trinajstić information content (AvgIpc) is 2.85. The van der Waals surface area contributed by atoms with Gasteiger partial charge in [-0.25, -0.2) is 18.4 Å². The lowest BCUT2D eigenvalue weighted by molar-refractivity contribution is 0.223. The number of ether oxygens (including phenoxy) is 1. The normalized spacial score (nSPS) is 13.8. The number of hydrogen-bond donors (Lipinski definition) is 1. The number of para-hydroxylation sites is 1. The highest BCUT2D eigenvalue weighted by atomic mass is 32.2. The standard InChI is InChI=1S/C25H29N5O3S/c1-4-15-30-22-10-8-7-9-21(22)24-23(34(30,31)32)18-26-25(28-24)27-19-11-13-20(14-12-19)33-17-16-29(5-2)6-3/h4,7-14,18H,1,5-6,15-17H2,2-3H3,(H,26,27,28). The zero-order valence-corrected chi connectivity index (χ0v) is 20.3. The Balaban J connectivity index is 1.53. The van der Waals surface area contributed by atoms with Gasteiger partial charge in [-0.3, -0.25) is 4.31 Å². The molecule has 0 spiro atoms. The van der Waals surface area contributed by atoms with Gasteiger partial charge in [-0.1, -0.05) is 38.1 Å². The quantitative estimate of drug-likeness (QED) is 0.434. The fraction of sp³-hybridized carbons (Fsp3) is 0.280. The van der Waals surface area contributed by atoms with E-state index in [0.29, 0.717) is 23.9 Å². The van der Waals surface area contributed by atoms with E-state index in [2.05, 4.69) is 40.6 Å². The van der Waals surface area contributed by atoms with Crippen LogP contribution in [0.1, 0.15) is 13.8 Å². The van der Waals surface area contributed by atoms with Crippen LogP contribution >= 0.6 is 0 Å². The third-order valence-electron chi connectivity index (χ3n) is 5.73. The second-order valence-corrected chi connectivity index (χ2v) is 9.60. The van der Waals surface area contributed by atoms with Crippen molar-refractivity contribution in [2.45, 2.75) is 18.7 Å². The fourth-order valence-corrected chi connectivity index (χ4v) is 5.41. The van der Waals surface area contributed by atoms with E-state index in [4.69, 9.17) is 4.74 Å². The highest BCUT2D eigenvalue weighted by Gasteiger charge is 2.35. The van der Waals surface area contributed by atoms with Crippen LogP contribution in [0.4, 0.5) is 17.3 Å². The number of anilines is 3. The van der Waals surface area contributed by atoms with E-state index < -0.39 is 10.0 Å². The minimum absolute atomic E-state index is 0.0792. The van der Waals surface area contributed by atoms with Gasteiger partial charge in [0.25, 0.3) is 10.0 Å². The SMILES string of the molecule is C=CCN1c2ccccc2-c2nc(Nc3ccc(OCCN(CC)CC)cc3)ncc2S1(=O)=O. The van der Waals surface area contributed by atoms with Crippen LogP contribution in [0.3, 0.4) is 0 Å². The van der Waals surface area contributed by atoms with Crippen LogP contribution in [0, 0.1) is 0 Å². The first kappa shape index (κ1) is 23.7. The Morgan fingerprint density at radius 2 is 1.85 bits per heavy atom. The van der Waals surface area contributed by atoms with Crippen molar-refractivity contribution < 1.29 is 13.2 Å². The van der Waals surface area contributed by atoms with Crippen LogP contribution < -0.4 is 14.4 Å². The molecule has 3 aromatic rings. The molecule has 0 unspecified atom stereocenters. The molecule has 0 amide bonds. The minimum atomic E-state index is -3.78. The number of fused-ring (bicyclic) bond motifs is 3. The molecule has 1 N–H and O–H groups in total. The number of nitrogens with zero attached hydrogens (tertiary/aromatic N) is 4. The van der Waals surface area contributed by atoms with Crippen molar-refractivity contribution in [2.24, 2.45) is 0 Å². The Kier molecular flexibility index (Phi) is 7.14. The molecule has 0 saturated carbocycles. The van der Waals surface area contributed by atoms with Crippen molar-refractivity contribution >= 4 is 27.3 Å². The van der Waals surface area contributed by atoms with Crippen molar-refractivity contribution in [1.29, 1.82) is 0 Å². The molecule has 1 aliphatic rings. The topological polar surface area (TPSA) is 87.7 Å². The Morgan fingerprint density at radius 3 is 2.56 bits per heavy atom. The zero-order chi connectivity index (χ0) is 24.1. The third kappa shape index (κ3) is 4.76. The van der Waals surface area contributed by atoms with E-state index in [-0.39, 0.29) is 11.4 Å². The van der Waals surface area contributed by atoms with E-state index >= 15 is 0 Å². The van der Waals surface area contributed by atoms with Crippen molar-refractivity contribution in [3.63, 3.8) is 0 Å². The summed E-state index contributed by atoms with van der Waals surface area (Å²) in [5.41, 5.74) is 2.46. The van der Waals surface area contributed by atoms with E-state index in [0.717, 1.165) is 36.6 Å². The number of benzene rings is 2. The van der Waals surface area contributed by atoms with E-state index in [9.17, 15) is 8.42 Å². The van der Waals surface area contributed by atoms with Gasteiger partial charge in [0.2, 0.25) is 5.95 Å². The first-order valence-corrected chi connectivity index (χ1v) is 12.7. The van der Waals surface area contributed by atoms with Gasteiger partial charge in [-0.15, -0.1) is 6.58 Å². The highest BCUT2D eigenvalue weighted by molar-refractivity contribution is 7.93. The summed E-state index contributed by atoms with van der Waals surface area (Å²) in [5.74, 6) is 1.10. The van der Waals surface area contributed by atoms with Crippen LogP contribution in [-0.4, -0.2) is 56.1 Å². The fourth-order valence-electron chi connectivity index (χ4n) is 3.86. The van der Waals surface area contributed by atoms with Gasteiger partial charge in [0.05, 0.1) is 24.1 Å². The molecule has 0 bridgehead atoms. The number of likely N-dealkylation sites (N-methyl/N-ethyl adjacent to an activating group) is 1. The second kappa shape index (κ2) is 10.2. The molecule has 4 rings (SSSR count). The lowest BCUT2D eigenvalue weighted by Crippen LogP contribution is -2.35. The Bertz CT molecular complexity index is 1260. The summed E-state index contributed by atoms with van der Waals surface area (Å²) in [6.45, 7) is 11.6. The molecule has 0 radical (unpaired) electrons. The number of nitrogens with one attached hydrogen (secondary N) is 1. The molecule has 178 valence electrons. The molecule has 0 saturated heterocycles. The third-order valence-corrected chi connectivity index (χ3v) is 7.51. The van der Waals surface area contributed by atoms with Crippen LogP contribution in [0.15, 0.2) is 72.3 Å². The summed E-state index contributed by atoms with van der Waals surface area (Å²) < 4.78 is 33.5. The molecule has 0 atom stereocenters. The largest absolute Gasteiger partial charge is 0.492 e. The maximum absolute atomic E-state index is 13.2. The molecule has 2 heterocycles. The Morgan fingerprint density at radius 1 is 1.12 bits per heavy atom. The van der Waals surface area contributed by atoms with Gasteiger partial charge < -0.3 is 15.0 Å². The molecular weight excluding hydrogens is 450 g/mol. The number of hydrogen-bond acceptors (Lipinski definition) is 7. The van der Waals surface area contributed by atoms with E-state index in [1.807, 2.05) is 36.4 Å². The summed E-state index contributed by atoms with van der Waals surface area (Å²) in [7, 11) is -3.78. The van der Waals surface area contributed by atoms with Gasteiger partial charge in [0.15, 0.2) is 0 Å². The summed E-state index contributed by atoms with van der Waals surface area (Å²) in [5, 5.41) is 3.16. The summed E-state index contributed by atoms with van der Waals surface area (Å²) in [4.78, 5) is 11.2. The first-order chi connectivity index (χ1) is 16.5. The van der Waals surface area contributed by atoms with Crippen LogP contribution in [-0.2, 0) is 10.0 Å². The molecule has 34 heavy (non-hydrogen) atoms. The minimum Gasteiger partial charge on any atom is -0.492 e. The molecule has 1 aliphatic heterocycles. The lowest BCUT2D eigenvalue weighted by atomic mass is 10.1. The number of sulfonamides is 1. The summed E-state index contributed by atoms with van der Waals surface area (Å²) in [6, 6.07) is 14.8. The van der Waals surface area contributed by atoms with Crippen molar-refractivity contribution in [3.05, 3.63) is 67.4 Å². The maximum atomic E-state index is 13.2. The first-order valence-electron chi connectivity index (χ1n) is 11.3. The van der Waals surface area contributed by atoms with Crippen LogP contribution in [0.5, 0.6) is 5.75 Å². The molecule has 1 aromatic heterocycles. The van der Waals surface area contributed by atoms with Gasteiger partial charge in [-0.05, 0) is 43.4 Å². The number of aromatic nitrogens is 2. The van der Waals surface area contributed by atoms with Gasteiger partial charge in [-0.2, -0.15) is 0 Å². The molecule has 0 aliphatic carbocycles. The van der Waals surface area contributed by atoms with Crippen molar-refractivity contribution in [3.8, 4) is 17.0 Å². The summed E-state index contributed by atoms with van der Waals surface area (Å²) in [6.07, 6.45) is 2.92. The van der Waals surface area contributed by atoms with Gasteiger partial charge in [0.1, 0.15) is 17.3 Å². The molecule has 2 aromatic carbocycles. The zero-order valence-electron chi connectivity index (χ0n) is 19.4. The van der Waals surface area contributed by atoms with E-state index in [1.54, 1.807) is 18.2 Å². The summed E-state index contributed by atoms with van der Waals surface area (Å²) >= 11 is 0. The second-order valence-electron chi connectivity index (χ2n) is 7.77. The lowest BCUT2D eigenvalue weighted by Gasteiger charge is -2.30. The highest BCUT2D eigenvalue weighted by Crippen LogP contribution is 2.41. The smallest absolute Gasteiger partial charge is 0.268 e. The van der Waals surface area contributed by atoms with Crippen LogP contribution in [0.25, 0.3) is 11.3 Å². The Labute approximate surface area is 201 Å². The molecule has 8 nitrogen and oxygen atoms in total. The predicted molar refractivity (Wildman–Crippen MR) is 135 cm³/mol. The van der Waals surface area contributed by atoms with Crippen molar-refractivity contribution in [1.82, 2.24) is 14.9 Å². The Hall–Kier alpha value is -3.43. The predicted octanol–water partition coefficient (Wildman–Crippen LogP) is 4.30. The maximum Gasteiger partial charge on any atom is 0.268 e. The molecule has 9 heteroatoms. The van der Waals surface area contributed by atoms with Crippen molar-refractivity contribution in [2.75, 3.05) is 42.4 Å². The molecule has 0 fully saturated rings. The monoisotopic (exact) mass is 479 g/mol. The van der Waals surface area contributed by atoms with Crippen LogP contribution in [0.2, 0.25) is 0 Å².